The summed E-state index contributed by atoms with van der Waals surface area (Å²) in [5.41, 5.74) is 7.98. The molecule has 0 bridgehead atoms. The summed E-state index contributed by atoms with van der Waals surface area (Å²) in [4.78, 5) is 70.0. The van der Waals surface area contributed by atoms with Gasteiger partial charge in [-0.2, -0.15) is 0 Å². The lowest BCUT2D eigenvalue weighted by Crippen LogP contribution is -2.54. The number of nitrogens with two attached hydrogens (primary N) is 1. The minimum absolute atomic E-state index is 0.0716. The van der Waals surface area contributed by atoms with Crippen LogP contribution in [-0.2, 0) is 19.2 Å². The highest BCUT2D eigenvalue weighted by Gasteiger charge is 2.36. The molecule has 1 unspecified atom stereocenters. The predicted octanol–water partition coefficient (Wildman–Crippen LogP) is 0.556. The van der Waals surface area contributed by atoms with Crippen LogP contribution in [-0.4, -0.2) is 90.7 Å². The van der Waals surface area contributed by atoms with Gasteiger partial charge in [-0.1, -0.05) is 6.07 Å². The molecule has 202 valence electrons. The third kappa shape index (κ3) is 5.83. The molecule has 11 heteroatoms. The molecule has 3 fully saturated rings. The number of piperazine rings is 1. The standard InChI is InChI=1S/C27H34N6O5/c1-19-3-4-21(13-22(19)26(38)33(18-35)23-5-6-24(36)30-25(23)37)32-11-9-31(10-12-32)16-20(14-28)15-29-27(17-34)7-2-8-27/h3-4,13-15,17-18,23H,2,5-12,16,28H2,1H3,(H,30,36,37). The first kappa shape index (κ1) is 27.2. The average Bonchev–Trinajstić information content (AvgIpc) is 2.89. The van der Waals surface area contributed by atoms with E-state index in [4.69, 9.17) is 5.73 Å². The van der Waals surface area contributed by atoms with E-state index in [0.29, 0.717) is 37.2 Å². The summed E-state index contributed by atoms with van der Waals surface area (Å²) < 4.78 is 0. The second-order valence-electron chi connectivity index (χ2n) is 10.1. The van der Waals surface area contributed by atoms with Crippen molar-refractivity contribution in [1.29, 1.82) is 0 Å². The molecule has 3 N–H and O–H groups in total. The smallest absolute Gasteiger partial charge is 0.261 e. The van der Waals surface area contributed by atoms with E-state index in [1.165, 1.54) is 6.20 Å². The van der Waals surface area contributed by atoms with Crippen LogP contribution in [0.1, 0.15) is 48.0 Å². The number of hydrogen-bond acceptors (Lipinski definition) is 9. The van der Waals surface area contributed by atoms with Crippen LogP contribution in [0, 0.1) is 6.92 Å². The van der Waals surface area contributed by atoms with Crippen molar-refractivity contribution in [3.63, 3.8) is 0 Å². The molecule has 3 aliphatic rings. The van der Waals surface area contributed by atoms with Crippen molar-refractivity contribution in [2.75, 3.05) is 37.6 Å². The Kier molecular flexibility index (Phi) is 8.35. The molecule has 4 rings (SSSR count). The predicted molar refractivity (Wildman–Crippen MR) is 142 cm³/mol. The van der Waals surface area contributed by atoms with Crippen LogP contribution in [0.4, 0.5) is 5.69 Å². The van der Waals surface area contributed by atoms with Crippen molar-refractivity contribution >= 4 is 42.3 Å². The SMILES string of the molecule is Cc1ccc(N2CCN(CC(C=NC3(C=O)CCC3)=CN)CC2)cc1C(=O)N(C=O)C1CCC(=O)NC1=O. The summed E-state index contributed by atoms with van der Waals surface area (Å²) in [6.45, 7) is 5.36. The van der Waals surface area contributed by atoms with E-state index in [0.717, 1.165) is 54.8 Å². The van der Waals surface area contributed by atoms with E-state index >= 15 is 0 Å². The van der Waals surface area contributed by atoms with Gasteiger partial charge >= 0.3 is 0 Å². The Morgan fingerprint density at radius 2 is 1.95 bits per heavy atom. The molecule has 2 aliphatic heterocycles. The van der Waals surface area contributed by atoms with E-state index in [-0.39, 0.29) is 12.8 Å². The van der Waals surface area contributed by atoms with Crippen molar-refractivity contribution in [1.82, 2.24) is 15.1 Å². The fourth-order valence-corrected chi connectivity index (χ4v) is 4.97. The van der Waals surface area contributed by atoms with Crippen LogP contribution < -0.4 is 16.0 Å². The van der Waals surface area contributed by atoms with Gasteiger partial charge in [0.05, 0.1) is 0 Å². The number of hydrogen-bond donors (Lipinski definition) is 2. The molecule has 0 aromatic heterocycles. The molecule has 1 atom stereocenters. The van der Waals surface area contributed by atoms with Crippen LogP contribution in [0.15, 0.2) is 35.0 Å². The third-order valence-electron chi connectivity index (χ3n) is 7.63. The fourth-order valence-electron chi connectivity index (χ4n) is 4.97. The van der Waals surface area contributed by atoms with Gasteiger partial charge in [-0.3, -0.25) is 39.3 Å². The lowest BCUT2D eigenvalue weighted by atomic mass is 9.79. The Morgan fingerprint density at radius 1 is 1.21 bits per heavy atom. The number of aliphatic imine (C=N–C) groups is 1. The number of imide groups is 2. The zero-order chi connectivity index (χ0) is 27.3. The fraction of sp³-hybridized carbons (Fsp3) is 0.481. The normalized spacial score (nSPS) is 22.1. The Morgan fingerprint density at radius 3 is 2.53 bits per heavy atom. The topological polar surface area (TPSA) is 145 Å². The van der Waals surface area contributed by atoms with Gasteiger partial charge in [0.2, 0.25) is 18.2 Å². The summed E-state index contributed by atoms with van der Waals surface area (Å²) in [5, 5.41) is 2.19. The molecule has 1 aliphatic carbocycles. The first-order chi connectivity index (χ1) is 18.3. The molecule has 1 aromatic rings. The van der Waals surface area contributed by atoms with Crippen molar-refractivity contribution < 1.29 is 24.0 Å². The lowest BCUT2D eigenvalue weighted by Gasteiger charge is -2.37. The molecule has 1 saturated carbocycles. The number of nitrogens with zero attached hydrogens (tertiary/aromatic N) is 4. The number of carbonyl (C=O) groups is 5. The molecular weight excluding hydrogens is 488 g/mol. The van der Waals surface area contributed by atoms with Crippen molar-refractivity contribution in [2.45, 2.75) is 50.6 Å². The molecule has 2 saturated heterocycles. The zero-order valence-electron chi connectivity index (χ0n) is 21.6. The lowest BCUT2D eigenvalue weighted by molar-refractivity contribution is -0.139. The van der Waals surface area contributed by atoms with Gasteiger partial charge in [-0.15, -0.1) is 0 Å². The number of amides is 4. The monoisotopic (exact) mass is 522 g/mol. The van der Waals surface area contributed by atoms with Crippen LogP contribution in [0.3, 0.4) is 0 Å². The van der Waals surface area contributed by atoms with Gasteiger partial charge in [-0.05, 0) is 62.1 Å². The molecule has 0 radical (unpaired) electrons. The summed E-state index contributed by atoms with van der Waals surface area (Å²) in [7, 11) is 0. The molecule has 38 heavy (non-hydrogen) atoms. The Bertz CT molecular complexity index is 1170. The van der Waals surface area contributed by atoms with Crippen LogP contribution >= 0.6 is 0 Å². The van der Waals surface area contributed by atoms with E-state index < -0.39 is 29.3 Å². The maximum atomic E-state index is 13.3. The number of rotatable bonds is 9. The summed E-state index contributed by atoms with van der Waals surface area (Å²) >= 11 is 0. The maximum absolute atomic E-state index is 13.3. The number of benzene rings is 1. The number of piperidine rings is 1. The molecule has 1 aromatic carbocycles. The van der Waals surface area contributed by atoms with Crippen molar-refractivity contribution in [2.24, 2.45) is 10.7 Å². The van der Waals surface area contributed by atoms with Gasteiger partial charge in [0.15, 0.2) is 0 Å². The van der Waals surface area contributed by atoms with Crippen LogP contribution in [0.25, 0.3) is 0 Å². The molecule has 2 heterocycles. The maximum Gasteiger partial charge on any atom is 0.261 e. The Balaban J connectivity index is 1.39. The van der Waals surface area contributed by atoms with Crippen molar-refractivity contribution in [3.8, 4) is 0 Å². The largest absolute Gasteiger partial charge is 0.404 e. The summed E-state index contributed by atoms with van der Waals surface area (Å²) in [6, 6.07) is 4.51. The second kappa shape index (κ2) is 11.7. The first-order valence-corrected chi connectivity index (χ1v) is 12.9. The van der Waals surface area contributed by atoms with Gasteiger partial charge in [0.1, 0.15) is 17.9 Å². The number of nitrogens with one attached hydrogen (secondary N) is 1. The van der Waals surface area contributed by atoms with Gasteiger partial charge in [0, 0.05) is 56.6 Å². The molecule has 4 amide bonds. The highest BCUT2D eigenvalue weighted by molar-refractivity contribution is 6.07. The third-order valence-corrected chi connectivity index (χ3v) is 7.63. The molecule has 11 nitrogen and oxygen atoms in total. The average molecular weight is 523 g/mol. The van der Waals surface area contributed by atoms with Crippen LogP contribution in [0.2, 0.25) is 0 Å². The van der Waals surface area contributed by atoms with E-state index in [2.05, 4.69) is 20.1 Å². The summed E-state index contributed by atoms with van der Waals surface area (Å²) in [6.07, 6.45) is 7.30. The number of carbonyl (C=O) groups excluding carboxylic acids is 5. The number of aryl methyl sites for hydroxylation is 1. The van der Waals surface area contributed by atoms with E-state index in [1.54, 1.807) is 19.2 Å². The highest BCUT2D eigenvalue weighted by Crippen LogP contribution is 2.33. The van der Waals surface area contributed by atoms with E-state index in [9.17, 15) is 24.0 Å². The van der Waals surface area contributed by atoms with Crippen LogP contribution in [0.5, 0.6) is 0 Å². The highest BCUT2D eigenvalue weighted by atomic mass is 16.2. The first-order valence-electron chi connectivity index (χ1n) is 12.9. The zero-order valence-corrected chi connectivity index (χ0v) is 21.6. The quantitative estimate of drug-likeness (QED) is 0.272. The summed E-state index contributed by atoms with van der Waals surface area (Å²) in [5.74, 6) is -1.62. The minimum Gasteiger partial charge on any atom is -0.404 e. The number of anilines is 1. The van der Waals surface area contributed by atoms with Gasteiger partial charge in [-0.25, -0.2) is 0 Å². The van der Waals surface area contributed by atoms with E-state index in [1.807, 2.05) is 12.1 Å². The second-order valence-corrected chi connectivity index (χ2v) is 10.1. The van der Waals surface area contributed by atoms with Crippen molar-refractivity contribution in [3.05, 3.63) is 41.1 Å². The number of aldehydes is 1. The molecule has 0 spiro atoms. The minimum atomic E-state index is -1.01. The Labute approximate surface area is 221 Å². The van der Waals surface area contributed by atoms with Gasteiger partial charge in [0.25, 0.3) is 5.91 Å². The Hall–Kier alpha value is -3.86. The molecular formula is C27H34N6O5. The van der Waals surface area contributed by atoms with Gasteiger partial charge < -0.3 is 15.4 Å².